The number of aromatic hydroxyl groups is 1. The summed E-state index contributed by atoms with van der Waals surface area (Å²) in [6.45, 7) is 3.81. The van der Waals surface area contributed by atoms with Gasteiger partial charge in [-0.2, -0.15) is 0 Å². The number of phenols is 1. The maximum Gasteiger partial charge on any atom is 0.420 e. The second-order valence-corrected chi connectivity index (χ2v) is 8.12. The Morgan fingerprint density at radius 1 is 1.00 bits per heavy atom. The van der Waals surface area contributed by atoms with Gasteiger partial charge in [-0.1, -0.05) is 12.1 Å². The van der Waals surface area contributed by atoms with E-state index in [0.717, 1.165) is 30.6 Å². The smallest absolute Gasteiger partial charge is 0.420 e. The van der Waals surface area contributed by atoms with Crippen molar-refractivity contribution in [2.75, 3.05) is 49.3 Å². The van der Waals surface area contributed by atoms with Gasteiger partial charge in [0.2, 0.25) is 0 Å². The highest BCUT2D eigenvalue weighted by molar-refractivity contribution is 5.91. The number of phenolic OH excluding ortho intramolecular Hbond substituents is 1. The van der Waals surface area contributed by atoms with E-state index in [1.165, 1.54) is 11.0 Å². The SMILES string of the molecule is O=C1Oc2cc(O)c(F)cc2CN1c1ccc(OCCOCCN2CCOc3ccccc32)cc1. The first-order chi connectivity index (χ1) is 17.1. The number of carbonyl (C=O) groups is 1. The summed E-state index contributed by atoms with van der Waals surface area (Å²) in [6, 6.07) is 17.2. The molecular weight excluding hydrogens is 455 g/mol. The molecule has 2 aliphatic heterocycles. The standard InChI is InChI=1S/C26H25FN2O6/c27-21-15-18-17-29(26(31)35-25(18)16-23(21)30)19-5-7-20(8-6-19)33-14-13-32-11-9-28-10-12-34-24-4-2-1-3-22(24)28/h1-8,15-16,30H,9-14,17H2. The van der Waals surface area contributed by atoms with Crippen molar-refractivity contribution in [2.45, 2.75) is 6.54 Å². The van der Waals surface area contributed by atoms with Crippen LogP contribution in [0.15, 0.2) is 60.7 Å². The molecule has 0 fully saturated rings. The number of fused-ring (bicyclic) bond motifs is 2. The van der Waals surface area contributed by atoms with Crippen LogP contribution in [-0.4, -0.2) is 50.7 Å². The van der Waals surface area contributed by atoms with Crippen LogP contribution in [0, 0.1) is 5.82 Å². The van der Waals surface area contributed by atoms with Crippen LogP contribution in [0.3, 0.4) is 0 Å². The van der Waals surface area contributed by atoms with E-state index in [1.807, 2.05) is 24.3 Å². The summed E-state index contributed by atoms with van der Waals surface area (Å²) in [6.07, 6.45) is -0.603. The number of amides is 1. The number of hydrogen-bond donors (Lipinski definition) is 1. The quantitative estimate of drug-likeness (QED) is 0.480. The number of carbonyl (C=O) groups excluding carboxylic acids is 1. The minimum atomic E-state index is -0.762. The molecule has 35 heavy (non-hydrogen) atoms. The molecule has 0 atom stereocenters. The van der Waals surface area contributed by atoms with Crippen LogP contribution in [0.4, 0.5) is 20.6 Å². The highest BCUT2D eigenvalue weighted by Crippen LogP contribution is 2.34. The van der Waals surface area contributed by atoms with E-state index in [2.05, 4.69) is 4.90 Å². The van der Waals surface area contributed by atoms with Crippen molar-refractivity contribution in [3.8, 4) is 23.0 Å². The molecule has 0 bridgehead atoms. The summed E-state index contributed by atoms with van der Waals surface area (Å²) < 4.78 is 36.1. The second kappa shape index (κ2) is 10.1. The number of rotatable bonds is 8. The molecule has 2 aliphatic rings. The van der Waals surface area contributed by atoms with Crippen molar-refractivity contribution < 1.29 is 33.2 Å². The number of benzene rings is 3. The van der Waals surface area contributed by atoms with Crippen molar-refractivity contribution in [2.24, 2.45) is 0 Å². The highest BCUT2D eigenvalue weighted by atomic mass is 19.1. The monoisotopic (exact) mass is 480 g/mol. The van der Waals surface area contributed by atoms with Crippen molar-refractivity contribution in [1.82, 2.24) is 0 Å². The predicted molar refractivity (Wildman–Crippen MR) is 127 cm³/mol. The average Bonchev–Trinajstić information content (AvgIpc) is 2.87. The molecule has 0 unspecified atom stereocenters. The van der Waals surface area contributed by atoms with Crippen LogP contribution < -0.4 is 24.0 Å². The van der Waals surface area contributed by atoms with Gasteiger partial charge in [-0.25, -0.2) is 9.18 Å². The van der Waals surface area contributed by atoms with Crippen LogP contribution in [0.1, 0.15) is 5.56 Å². The molecule has 0 saturated carbocycles. The first-order valence-electron chi connectivity index (χ1n) is 11.4. The van der Waals surface area contributed by atoms with E-state index in [0.29, 0.717) is 43.4 Å². The van der Waals surface area contributed by atoms with E-state index in [-0.39, 0.29) is 12.3 Å². The fraction of sp³-hybridized carbons (Fsp3) is 0.269. The third-order valence-corrected chi connectivity index (χ3v) is 5.85. The molecule has 9 heteroatoms. The van der Waals surface area contributed by atoms with E-state index >= 15 is 0 Å². The lowest BCUT2D eigenvalue weighted by Crippen LogP contribution is -2.37. The van der Waals surface area contributed by atoms with Crippen molar-refractivity contribution in [3.63, 3.8) is 0 Å². The first-order valence-corrected chi connectivity index (χ1v) is 11.4. The van der Waals surface area contributed by atoms with Crippen LogP contribution >= 0.6 is 0 Å². The predicted octanol–water partition coefficient (Wildman–Crippen LogP) is 4.34. The van der Waals surface area contributed by atoms with Gasteiger partial charge in [-0.15, -0.1) is 0 Å². The molecule has 0 spiro atoms. The summed E-state index contributed by atoms with van der Waals surface area (Å²) in [5.74, 6) is 0.382. The van der Waals surface area contributed by atoms with Crippen molar-refractivity contribution in [1.29, 1.82) is 0 Å². The van der Waals surface area contributed by atoms with E-state index in [1.54, 1.807) is 24.3 Å². The Labute approximate surface area is 202 Å². The summed E-state index contributed by atoms with van der Waals surface area (Å²) in [5, 5.41) is 9.48. The summed E-state index contributed by atoms with van der Waals surface area (Å²) in [5.41, 5.74) is 2.14. The van der Waals surface area contributed by atoms with Gasteiger partial charge < -0.3 is 29.0 Å². The van der Waals surface area contributed by atoms with Crippen molar-refractivity contribution >= 4 is 17.5 Å². The van der Waals surface area contributed by atoms with Gasteiger partial charge in [0.05, 0.1) is 32.0 Å². The summed E-state index contributed by atoms with van der Waals surface area (Å²) in [7, 11) is 0. The Balaban J connectivity index is 1.07. The second-order valence-electron chi connectivity index (χ2n) is 8.12. The zero-order chi connectivity index (χ0) is 24.2. The van der Waals surface area contributed by atoms with Gasteiger partial charge in [-0.3, -0.25) is 4.90 Å². The van der Waals surface area contributed by atoms with Gasteiger partial charge in [0, 0.05) is 23.9 Å². The molecule has 1 amide bonds. The van der Waals surface area contributed by atoms with Crippen LogP contribution in [0.2, 0.25) is 0 Å². The highest BCUT2D eigenvalue weighted by Gasteiger charge is 2.27. The molecule has 0 radical (unpaired) electrons. The topological polar surface area (TPSA) is 80.7 Å². The summed E-state index contributed by atoms with van der Waals surface area (Å²) >= 11 is 0. The summed E-state index contributed by atoms with van der Waals surface area (Å²) in [4.78, 5) is 16.0. The lowest BCUT2D eigenvalue weighted by Gasteiger charge is -2.31. The van der Waals surface area contributed by atoms with Gasteiger partial charge in [0.15, 0.2) is 11.6 Å². The van der Waals surface area contributed by atoms with E-state index in [9.17, 15) is 14.3 Å². The Kier molecular flexibility index (Phi) is 6.58. The number of hydrogen-bond acceptors (Lipinski definition) is 7. The molecule has 1 N–H and O–H groups in total. The Morgan fingerprint density at radius 2 is 1.83 bits per heavy atom. The maximum atomic E-state index is 13.7. The molecule has 3 aromatic rings. The molecule has 3 aromatic carbocycles. The van der Waals surface area contributed by atoms with Gasteiger partial charge in [-0.05, 0) is 42.5 Å². The fourth-order valence-corrected chi connectivity index (χ4v) is 4.06. The normalized spacial score (nSPS) is 14.6. The number of para-hydroxylation sites is 2. The molecule has 5 rings (SSSR count). The minimum Gasteiger partial charge on any atom is -0.505 e. The molecular formula is C26H25FN2O6. The maximum absolute atomic E-state index is 13.7. The molecule has 182 valence electrons. The largest absolute Gasteiger partial charge is 0.505 e. The Morgan fingerprint density at radius 3 is 2.69 bits per heavy atom. The fourth-order valence-electron chi connectivity index (χ4n) is 4.06. The lowest BCUT2D eigenvalue weighted by atomic mass is 10.1. The number of anilines is 2. The Hall–Kier alpha value is -3.98. The third kappa shape index (κ3) is 5.09. The molecule has 8 nitrogen and oxygen atoms in total. The zero-order valence-corrected chi connectivity index (χ0v) is 19.0. The first kappa shape index (κ1) is 22.8. The van der Waals surface area contributed by atoms with Gasteiger partial charge >= 0.3 is 6.09 Å². The number of nitrogens with zero attached hydrogens (tertiary/aromatic N) is 2. The lowest BCUT2D eigenvalue weighted by molar-refractivity contribution is 0.104. The van der Waals surface area contributed by atoms with Crippen molar-refractivity contribution in [3.05, 3.63) is 72.0 Å². The number of halogens is 1. The van der Waals surface area contributed by atoms with Crippen LogP contribution in [0.25, 0.3) is 0 Å². The number of ether oxygens (including phenoxy) is 4. The Bertz CT molecular complexity index is 1200. The minimum absolute atomic E-state index is 0.132. The molecule has 0 aromatic heterocycles. The molecule has 2 heterocycles. The van der Waals surface area contributed by atoms with Gasteiger partial charge in [0.1, 0.15) is 30.5 Å². The van der Waals surface area contributed by atoms with Crippen LogP contribution in [0.5, 0.6) is 23.0 Å². The van der Waals surface area contributed by atoms with E-state index < -0.39 is 17.7 Å². The van der Waals surface area contributed by atoms with Crippen LogP contribution in [-0.2, 0) is 11.3 Å². The molecule has 0 saturated heterocycles. The zero-order valence-electron chi connectivity index (χ0n) is 19.0. The average molecular weight is 480 g/mol. The van der Waals surface area contributed by atoms with Gasteiger partial charge in [0.25, 0.3) is 0 Å². The molecule has 0 aliphatic carbocycles. The van der Waals surface area contributed by atoms with E-state index in [4.69, 9.17) is 18.9 Å². The third-order valence-electron chi connectivity index (χ3n) is 5.85.